The minimum atomic E-state index is -4.81. The van der Waals surface area contributed by atoms with Crippen molar-refractivity contribution in [3.8, 4) is 0 Å². The molecule has 176 valence electrons. The number of anilines is 1. The number of carbonyl (C=O) groups is 2. The quantitative estimate of drug-likeness (QED) is 0.598. The van der Waals surface area contributed by atoms with Crippen LogP contribution in [0.5, 0.6) is 0 Å². The van der Waals surface area contributed by atoms with E-state index in [9.17, 15) is 22.8 Å². The molecule has 4 heterocycles. The van der Waals surface area contributed by atoms with Crippen molar-refractivity contribution < 1.29 is 22.8 Å². The summed E-state index contributed by atoms with van der Waals surface area (Å²) in [5.74, 6) is -1.59. The molecule has 0 unspecified atom stereocenters. The highest BCUT2D eigenvalue weighted by atomic mass is 19.4. The van der Waals surface area contributed by atoms with E-state index in [0.29, 0.717) is 29.7 Å². The van der Waals surface area contributed by atoms with Crippen LogP contribution >= 0.6 is 0 Å². The molecule has 2 amide bonds. The summed E-state index contributed by atoms with van der Waals surface area (Å²) in [4.78, 5) is 33.6. The summed E-state index contributed by atoms with van der Waals surface area (Å²) in [6, 6.07) is 8.54. The number of aromatic nitrogens is 2. The van der Waals surface area contributed by atoms with Crippen LogP contribution in [0.2, 0.25) is 0 Å². The number of halogens is 3. The van der Waals surface area contributed by atoms with Crippen LogP contribution in [0.1, 0.15) is 16.8 Å². The Morgan fingerprint density at radius 1 is 0.941 bits per heavy atom. The Morgan fingerprint density at radius 2 is 1.59 bits per heavy atom. The molecule has 34 heavy (non-hydrogen) atoms. The minimum Gasteiger partial charge on any atom is -0.368 e. The van der Waals surface area contributed by atoms with Crippen LogP contribution in [-0.2, 0) is 22.8 Å². The Labute approximate surface area is 193 Å². The number of aryl methyl sites for hydroxylation is 1. The van der Waals surface area contributed by atoms with Gasteiger partial charge in [0, 0.05) is 61.5 Å². The van der Waals surface area contributed by atoms with E-state index in [1.165, 1.54) is 12.3 Å². The molecule has 1 fully saturated rings. The van der Waals surface area contributed by atoms with Gasteiger partial charge in [-0.2, -0.15) is 13.2 Å². The van der Waals surface area contributed by atoms with Crippen molar-refractivity contribution in [1.82, 2.24) is 19.8 Å². The molecule has 2 aliphatic heterocycles. The number of fused-ring (bicyclic) bond motifs is 1. The zero-order valence-electron chi connectivity index (χ0n) is 18.6. The number of para-hydroxylation sites is 1. The van der Waals surface area contributed by atoms with Crippen molar-refractivity contribution in [1.29, 1.82) is 0 Å². The number of benzene rings is 1. The van der Waals surface area contributed by atoms with Gasteiger partial charge in [-0.25, -0.2) is 4.98 Å². The second kappa shape index (κ2) is 7.98. The molecule has 0 atom stereocenters. The molecular weight excluding hydrogens is 447 g/mol. The van der Waals surface area contributed by atoms with E-state index >= 15 is 0 Å². The Morgan fingerprint density at radius 3 is 2.26 bits per heavy atom. The SMILES string of the molecule is CN1CCN(c2cnc(C(F)(F)F)c(C3=C(c4cn(C)c5ccccc45)C(=O)NC3=O)c2)CC1. The lowest BCUT2D eigenvalue weighted by molar-refractivity contribution is -0.141. The van der Waals surface area contributed by atoms with E-state index in [2.05, 4.69) is 15.2 Å². The van der Waals surface area contributed by atoms with E-state index in [1.807, 2.05) is 24.1 Å². The number of rotatable bonds is 3. The van der Waals surface area contributed by atoms with Crippen LogP contribution in [0.25, 0.3) is 22.0 Å². The van der Waals surface area contributed by atoms with Crippen molar-refractivity contribution >= 4 is 39.6 Å². The van der Waals surface area contributed by atoms with E-state index in [-0.39, 0.29) is 11.1 Å². The van der Waals surface area contributed by atoms with E-state index in [1.54, 1.807) is 29.9 Å². The average Bonchev–Trinajstić information content (AvgIpc) is 3.28. The van der Waals surface area contributed by atoms with E-state index in [0.717, 1.165) is 18.6 Å². The van der Waals surface area contributed by atoms with Gasteiger partial charge in [-0.1, -0.05) is 18.2 Å². The van der Waals surface area contributed by atoms with Crippen molar-refractivity contribution in [2.45, 2.75) is 6.18 Å². The third-order valence-corrected chi connectivity index (χ3v) is 6.38. The normalized spacial score (nSPS) is 17.7. The zero-order valence-corrected chi connectivity index (χ0v) is 18.6. The highest BCUT2D eigenvalue weighted by Gasteiger charge is 2.42. The highest BCUT2D eigenvalue weighted by Crippen LogP contribution is 2.41. The molecule has 1 aromatic carbocycles. The zero-order chi connectivity index (χ0) is 24.2. The van der Waals surface area contributed by atoms with Crippen LogP contribution in [0.15, 0.2) is 42.7 Å². The standard InChI is InChI=1S/C24H22F3N5O2/c1-30-7-9-32(10-8-30)14-11-16(21(28-12-14)24(25,26)27)19-20(23(34)29-22(19)33)17-13-31(2)18-6-4-3-5-15(17)18/h3-6,11-13H,7-10H2,1-2H3,(H,29,33,34). The molecule has 1 N–H and O–H groups in total. The molecule has 2 aromatic heterocycles. The number of hydrogen-bond donors (Lipinski definition) is 1. The number of hydrogen-bond acceptors (Lipinski definition) is 5. The molecule has 0 radical (unpaired) electrons. The van der Waals surface area contributed by atoms with Gasteiger partial charge in [-0.3, -0.25) is 14.9 Å². The summed E-state index contributed by atoms with van der Waals surface area (Å²) < 4.78 is 43.8. The summed E-state index contributed by atoms with van der Waals surface area (Å²) in [7, 11) is 3.75. The largest absolute Gasteiger partial charge is 0.433 e. The lowest BCUT2D eigenvalue weighted by Gasteiger charge is -2.34. The van der Waals surface area contributed by atoms with Gasteiger partial charge in [0.1, 0.15) is 0 Å². The molecule has 0 bridgehead atoms. The number of nitrogens with one attached hydrogen (secondary N) is 1. The van der Waals surface area contributed by atoms with Gasteiger partial charge in [-0.15, -0.1) is 0 Å². The number of pyridine rings is 1. The first kappa shape index (κ1) is 22.1. The molecule has 2 aliphatic rings. The van der Waals surface area contributed by atoms with Crippen LogP contribution in [0, 0.1) is 0 Å². The number of imide groups is 1. The Balaban J connectivity index is 1.75. The predicted molar refractivity (Wildman–Crippen MR) is 122 cm³/mol. The molecule has 0 saturated carbocycles. The fourth-order valence-electron chi connectivity index (χ4n) is 4.62. The lowest BCUT2D eigenvalue weighted by atomic mass is 9.94. The van der Waals surface area contributed by atoms with Gasteiger partial charge in [0.25, 0.3) is 11.8 Å². The predicted octanol–water partition coefficient (Wildman–Crippen LogP) is 2.91. The minimum absolute atomic E-state index is 0.0790. The van der Waals surface area contributed by atoms with Gasteiger partial charge in [0.05, 0.1) is 23.0 Å². The van der Waals surface area contributed by atoms with Crippen molar-refractivity contribution in [2.75, 3.05) is 38.1 Å². The number of piperazine rings is 1. The maximum Gasteiger partial charge on any atom is 0.433 e. The molecule has 5 rings (SSSR count). The first-order valence-electron chi connectivity index (χ1n) is 10.8. The summed E-state index contributed by atoms with van der Waals surface area (Å²) >= 11 is 0. The molecule has 3 aromatic rings. The van der Waals surface area contributed by atoms with Crippen molar-refractivity contribution in [3.05, 3.63) is 59.5 Å². The second-order valence-electron chi connectivity index (χ2n) is 8.58. The van der Waals surface area contributed by atoms with Crippen LogP contribution < -0.4 is 10.2 Å². The van der Waals surface area contributed by atoms with Gasteiger partial charge >= 0.3 is 6.18 Å². The van der Waals surface area contributed by atoms with E-state index in [4.69, 9.17) is 0 Å². The first-order valence-corrected chi connectivity index (χ1v) is 10.8. The number of nitrogens with zero attached hydrogens (tertiary/aromatic N) is 4. The average molecular weight is 469 g/mol. The fourth-order valence-corrected chi connectivity index (χ4v) is 4.62. The Kier molecular flexibility index (Phi) is 5.20. The second-order valence-corrected chi connectivity index (χ2v) is 8.58. The molecule has 1 saturated heterocycles. The topological polar surface area (TPSA) is 70.5 Å². The number of carbonyl (C=O) groups excluding carboxylic acids is 2. The van der Waals surface area contributed by atoms with E-state index < -0.39 is 29.2 Å². The lowest BCUT2D eigenvalue weighted by Crippen LogP contribution is -2.44. The smallest absolute Gasteiger partial charge is 0.368 e. The molecule has 0 spiro atoms. The van der Waals surface area contributed by atoms with Gasteiger partial charge < -0.3 is 14.4 Å². The first-order chi connectivity index (χ1) is 16.1. The summed E-state index contributed by atoms with van der Waals surface area (Å²) in [6.45, 7) is 2.73. The molecule has 0 aliphatic carbocycles. The molecule has 10 heteroatoms. The number of amides is 2. The number of likely N-dealkylation sites (N-methyl/N-ethyl adjacent to an activating group) is 1. The van der Waals surface area contributed by atoms with Crippen molar-refractivity contribution in [2.24, 2.45) is 7.05 Å². The number of alkyl halides is 3. The van der Waals surface area contributed by atoms with Gasteiger partial charge in [0.15, 0.2) is 5.69 Å². The van der Waals surface area contributed by atoms with Gasteiger partial charge in [0.2, 0.25) is 0 Å². The third kappa shape index (κ3) is 3.63. The third-order valence-electron chi connectivity index (χ3n) is 6.38. The van der Waals surface area contributed by atoms with Crippen molar-refractivity contribution in [3.63, 3.8) is 0 Å². The molecule has 7 nitrogen and oxygen atoms in total. The highest BCUT2D eigenvalue weighted by molar-refractivity contribution is 6.50. The molecular formula is C24H22F3N5O2. The van der Waals surface area contributed by atoms with Gasteiger partial charge in [-0.05, 0) is 19.2 Å². The Hall–Kier alpha value is -3.66. The maximum atomic E-state index is 14.0. The monoisotopic (exact) mass is 469 g/mol. The summed E-state index contributed by atoms with van der Waals surface area (Å²) in [6.07, 6.45) is -1.97. The fraction of sp³-hybridized carbons (Fsp3) is 0.292. The van der Waals surface area contributed by atoms with Crippen LogP contribution in [0.4, 0.5) is 18.9 Å². The summed E-state index contributed by atoms with van der Waals surface area (Å²) in [5, 5.41) is 2.86. The van der Waals surface area contributed by atoms with Crippen LogP contribution in [-0.4, -0.2) is 59.5 Å². The maximum absolute atomic E-state index is 14.0. The Bertz CT molecular complexity index is 1350. The summed E-state index contributed by atoms with van der Waals surface area (Å²) in [5.41, 5.74) is -0.306. The van der Waals surface area contributed by atoms with Crippen LogP contribution in [0.3, 0.4) is 0 Å².